The van der Waals surface area contributed by atoms with Gasteiger partial charge in [-0.15, -0.1) is 0 Å². The van der Waals surface area contributed by atoms with E-state index in [0.717, 1.165) is 33.9 Å². The van der Waals surface area contributed by atoms with Crippen molar-refractivity contribution in [2.45, 2.75) is 5.41 Å². The van der Waals surface area contributed by atoms with Crippen LogP contribution in [-0.4, -0.2) is 4.57 Å². The third-order valence-electron chi connectivity index (χ3n) is 13.8. The van der Waals surface area contributed by atoms with E-state index in [-0.39, 0.29) is 0 Å². The summed E-state index contributed by atoms with van der Waals surface area (Å²) < 4.78 is 2.48. The summed E-state index contributed by atoms with van der Waals surface area (Å²) in [7, 11) is 0. The summed E-state index contributed by atoms with van der Waals surface area (Å²) in [6.45, 7) is 0. The van der Waals surface area contributed by atoms with Gasteiger partial charge in [0.2, 0.25) is 0 Å². The molecule has 0 bridgehead atoms. The molecular formula is C63H42N2. The number of rotatable bonds is 7. The molecule has 1 aliphatic rings. The van der Waals surface area contributed by atoms with E-state index in [2.05, 4.69) is 264 Å². The molecule has 0 N–H and O–H groups in total. The number of fused-ring (bicyclic) bond motifs is 8. The minimum atomic E-state index is -0.453. The predicted octanol–water partition coefficient (Wildman–Crippen LogP) is 16.6. The van der Waals surface area contributed by atoms with Crippen molar-refractivity contribution in [3.63, 3.8) is 0 Å². The number of anilines is 3. The molecule has 304 valence electrons. The highest BCUT2D eigenvalue weighted by Crippen LogP contribution is 2.56. The first-order chi connectivity index (χ1) is 32.3. The van der Waals surface area contributed by atoms with Gasteiger partial charge in [-0.05, 0) is 104 Å². The number of para-hydroxylation sites is 2. The van der Waals surface area contributed by atoms with E-state index in [9.17, 15) is 0 Å². The van der Waals surface area contributed by atoms with Crippen molar-refractivity contribution in [2.75, 3.05) is 4.90 Å². The zero-order valence-electron chi connectivity index (χ0n) is 35.6. The maximum absolute atomic E-state index is 2.48. The third kappa shape index (κ3) is 5.67. The average molecular weight is 827 g/mol. The largest absolute Gasteiger partial charge is 0.309 e. The maximum Gasteiger partial charge on any atom is 0.0713 e. The lowest BCUT2D eigenvalue weighted by molar-refractivity contribution is 0.768. The Morgan fingerprint density at radius 3 is 1.74 bits per heavy atom. The molecule has 12 aromatic rings. The van der Waals surface area contributed by atoms with Gasteiger partial charge in [0, 0.05) is 33.1 Å². The molecule has 0 atom stereocenters. The molecule has 2 nitrogen and oxygen atoms in total. The second kappa shape index (κ2) is 14.8. The Kier molecular flexibility index (Phi) is 8.47. The van der Waals surface area contributed by atoms with E-state index < -0.39 is 5.41 Å². The molecule has 0 unspecified atom stereocenters. The first kappa shape index (κ1) is 37.1. The molecule has 0 aliphatic heterocycles. The van der Waals surface area contributed by atoms with Crippen molar-refractivity contribution in [3.05, 3.63) is 277 Å². The van der Waals surface area contributed by atoms with Crippen LogP contribution in [0, 0.1) is 0 Å². The highest BCUT2D eigenvalue weighted by atomic mass is 15.1. The molecule has 65 heavy (non-hydrogen) atoms. The Bertz CT molecular complexity index is 3740. The van der Waals surface area contributed by atoms with E-state index in [0.29, 0.717) is 0 Å². The van der Waals surface area contributed by atoms with Gasteiger partial charge in [-0.25, -0.2) is 0 Å². The quantitative estimate of drug-likeness (QED) is 0.155. The molecule has 1 aliphatic carbocycles. The van der Waals surface area contributed by atoms with Crippen molar-refractivity contribution in [1.82, 2.24) is 4.57 Å². The molecule has 1 aromatic heterocycles. The van der Waals surface area contributed by atoms with Gasteiger partial charge in [-0.2, -0.15) is 0 Å². The van der Waals surface area contributed by atoms with Crippen LogP contribution in [0.5, 0.6) is 0 Å². The molecule has 0 saturated carbocycles. The number of benzene rings is 11. The van der Waals surface area contributed by atoms with Gasteiger partial charge >= 0.3 is 0 Å². The summed E-state index contributed by atoms with van der Waals surface area (Å²) in [5, 5.41) is 7.31. The van der Waals surface area contributed by atoms with Crippen LogP contribution in [0.1, 0.15) is 22.3 Å². The Hall–Kier alpha value is -8.46. The van der Waals surface area contributed by atoms with E-state index in [4.69, 9.17) is 0 Å². The number of hydrogen-bond donors (Lipinski definition) is 0. The Labute approximate surface area is 378 Å². The summed E-state index contributed by atoms with van der Waals surface area (Å²) in [4.78, 5) is 2.45. The normalized spacial score (nSPS) is 12.7. The Balaban J connectivity index is 1.03. The lowest BCUT2D eigenvalue weighted by Gasteiger charge is -2.33. The van der Waals surface area contributed by atoms with Gasteiger partial charge in [0.15, 0.2) is 0 Å². The Morgan fingerprint density at radius 1 is 0.323 bits per heavy atom. The predicted molar refractivity (Wildman–Crippen MR) is 273 cm³/mol. The van der Waals surface area contributed by atoms with Crippen LogP contribution < -0.4 is 4.90 Å². The summed E-state index contributed by atoms with van der Waals surface area (Å²) in [6.07, 6.45) is 0. The van der Waals surface area contributed by atoms with Crippen molar-refractivity contribution in [2.24, 2.45) is 0 Å². The van der Waals surface area contributed by atoms with Crippen molar-refractivity contribution >= 4 is 60.4 Å². The van der Waals surface area contributed by atoms with Gasteiger partial charge in [0.1, 0.15) is 0 Å². The molecule has 0 radical (unpaired) electrons. The standard InChI is InChI=1S/C63H42N2/c1-3-22-47(23-4-1)63(48-24-5-2-6-25-48)57-30-14-11-28-53(57)56-42-50(37-39-58(56)63)65-61-32-16-13-29-54(61)55-38-35-46(41-62(55)65)52-27-12-15-31-59(52)64(49-36-34-43-18-7-8-20-45(43)40-49)60-33-17-21-44-19-9-10-26-51(44)60/h1-42H. The first-order valence-electron chi connectivity index (χ1n) is 22.5. The fraction of sp³-hybridized carbons (Fsp3) is 0.0159. The third-order valence-corrected chi connectivity index (χ3v) is 13.8. The van der Waals surface area contributed by atoms with Crippen molar-refractivity contribution < 1.29 is 0 Å². The summed E-state index contributed by atoms with van der Waals surface area (Å²) in [5.74, 6) is 0. The van der Waals surface area contributed by atoms with Crippen molar-refractivity contribution in [3.8, 4) is 27.9 Å². The first-order valence-corrected chi connectivity index (χ1v) is 22.5. The second-order valence-corrected chi connectivity index (χ2v) is 17.2. The molecule has 2 heteroatoms. The van der Waals surface area contributed by atoms with Crippen LogP contribution in [-0.2, 0) is 5.41 Å². The monoisotopic (exact) mass is 826 g/mol. The van der Waals surface area contributed by atoms with Crippen LogP contribution >= 0.6 is 0 Å². The van der Waals surface area contributed by atoms with Gasteiger partial charge in [0.05, 0.1) is 27.8 Å². The SMILES string of the molecule is c1ccc(C2(c3ccccc3)c3ccccc3-c3cc(-n4c5ccccc5c5ccc(-c6ccccc6N(c6ccc7ccccc7c6)c6cccc7ccccc67)cc54)ccc32)cc1. The summed E-state index contributed by atoms with van der Waals surface area (Å²) in [5.41, 5.74) is 16.4. The zero-order chi connectivity index (χ0) is 42.9. The minimum Gasteiger partial charge on any atom is -0.309 e. The lowest BCUT2D eigenvalue weighted by Crippen LogP contribution is -2.28. The van der Waals surface area contributed by atoms with Crippen LogP contribution in [0.2, 0.25) is 0 Å². The minimum absolute atomic E-state index is 0.453. The van der Waals surface area contributed by atoms with E-state index in [1.807, 2.05) is 0 Å². The van der Waals surface area contributed by atoms with Gasteiger partial charge < -0.3 is 9.47 Å². The molecule has 0 amide bonds. The summed E-state index contributed by atoms with van der Waals surface area (Å²) >= 11 is 0. The lowest BCUT2D eigenvalue weighted by atomic mass is 9.68. The fourth-order valence-electron chi connectivity index (χ4n) is 11.0. The average Bonchev–Trinajstić information content (AvgIpc) is 3.87. The van der Waals surface area contributed by atoms with E-state index in [1.165, 1.54) is 76.7 Å². The smallest absolute Gasteiger partial charge is 0.0713 e. The van der Waals surface area contributed by atoms with Gasteiger partial charge in [-0.3, -0.25) is 0 Å². The molecular weight excluding hydrogens is 785 g/mol. The van der Waals surface area contributed by atoms with Crippen molar-refractivity contribution in [1.29, 1.82) is 0 Å². The molecule has 0 fully saturated rings. The molecule has 1 heterocycles. The van der Waals surface area contributed by atoms with Crippen LogP contribution in [0.15, 0.2) is 255 Å². The number of hydrogen-bond acceptors (Lipinski definition) is 1. The maximum atomic E-state index is 2.48. The molecule has 0 saturated heterocycles. The zero-order valence-corrected chi connectivity index (χ0v) is 35.6. The Morgan fingerprint density at radius 2 is 0.923 bits per heavy atom. The molecule has 13 rings (SSSR count). The van der Waals surface area contributed by atoms with Crippen LogP contribution in [0.3, 0.4) is 0 Å². The molecule has 11 aromatic carbocycles. The molecule has 0 spiro atoms. The van der Waals surface area contributed by atoms with Gasteiger partial charge in [0.25, 0.3) is 0 Å². The van der Waals surface area contributed by atoms with Gasteiger partial charge in [-0.1, -0.05) is 206 Å². The highest BCUT2D eigenvalue weighted by Gasteiger charge is 2.46. The highest BCUT2D eigenvalue weighted by molar-refractivity contribution is 6.11. The van der Waals surface area contributed by atoms with Crippen LogP contribution in [0.4, 0.5) is 17.1 Å². The van der Waals surface area contributed by atoms with Crippen LogP contribution in [0.25, 0.3) is 71.3 Å². The number of aromatic nitrogens is 1. The summed E-state index contributed by atoms with van der Waals surface area (Å²) in [6, 6.07) is 93.9. The van der Waals surface area contributed by atoms with E-state index in [1.54, 1.807) is 0 Å². The van der Waals surface area contributed by atoms with E-state index >= 15 is 0 Å². The number of nitrogens with zero attached hydrogens (tertiary/aromatic N) is 2. The second-order valence-electron chi connectivity index (χ2n) is 17.2. The topological polar surface area (TPSA) is 8.17 Å². The fourth-order valence-corrected chi connectivity index (χ4v) is 11.0.